The minimum atomic E-state index is -3.64. The maximum Gasteiger partial charge on any atom is 0.266 e. The molecule has 2 aliphatic heterocycles. The van der Waals surface area contributed by atoms with Crippen LogP contribution < -0.4 is 0 Å². The van der Waals surface area contributed by atoms with Gasteiger partial charge in [0.2, 0.25) is 10.0 Å². The van der Waals surface area contributed by atoms with Gasteiger partial charge >= 0.3 is 0 Å². The Bertz CT molecular complexity index is 1510. The maximum absolute atomic E-state index is 13.5. The van der Waals surface area contributed by atoms with E-state index in [0.717, 1.165) is 18.5 Å². The molecule has 3 heterocycles. The molecule has 39 heavy (non-hydrogen) atoms. The Morgan fingerprint density at radius 3 is 2.59 bits per heavy atom. The van der Waals surface area contributed by atoms with E-state index in [9.17, 15) is 13.2 Å². The number of nitrogens with zero attached hydrogens (tertiary/aromatic N) is 4. The largest absolute Gasteiger partial charge is 0.383 e. The van der Waals surface area contributed by atoms with E-state index in [-0.39, 0.29) is 10.8 Å². The van der Waals surface area contributed by atoms with E-state index in [4.69, 9.17) is 22.1 Å². The highest BCUT2D eigenvalue weighted by atomic mass is 32.2. The third-order valence-electron chi connectivity index (χ3n) is 6.93. The molecule has 204 valence electrons. The van der Waals surface area contributed by atoms with Gasteiger partial charge in [0.15, 0.2) is 0 Å². The summed E-state index contributed by atoms with van der Waals surface area (Å²) >= 11 is 6.68. The molecule has 2 aromatic carbocycles. The van der Waals surface area contributed by atoms with Gasteiger partial charge in [0.1, 0.15) is 10.0 Å². The molecule has 0 unspecified atom stereocenters. The first-order valence-electron chi connectivity index (χ1n) is 12.8. The minimum absolute atomic E-state index is 0.184. The number of para-hydroxylation sites is 1. The van der Waals surface area contributed by atoms with Crippen molar-refractivity contribution < 1.29 is 17.9 Å². The number of thiocarbonyl (C=S) groups is 1. The average molecular weight is 583 g/mol. The zero-order valence-electron chi connectivity index (χ0n) is 21.8. The molecule has 0 bridgehead atoms. The van der Waals surface area contributed by atoms with Crippen molar-refractivity contribution in [3.63, 3.8) is 0 Å². The van der Waals surface area contributed by atoms with E-state index in [2.05, 4.69) is 6.92 Å². The van der Waals surface area contributed by atoms with Crippen LogP contribution in [0.3, 0.4) is 0 Å². The Morgan fingerprint density at radius 1 is 1.13 bits per heavy atom. The molecule has 0 radical (unpaired) electrons. The standard InChI is InChI=1S/C28H30N4O4S3/c1-20-11-13-30(14-12-20)39(34,35)24-10-6-7-21(17-24)26-22(19-32(29-26)23-8-4-3-5-9-23)18-25-27(33)31(15-16-36-2)28(37)38-25/h3-10,17-20H,11-16H2,1-2H3. The zero-order valence-corrected chi connectivity index (χ0v) is 24.3. The van der Waals surface area contributed by atoms with Crippen molar-refractivity contribution >= 4 is 50.3 Å². The van der Waals surface area contributed by atoms with Crippen molar-refractivity contribution in [2.75, 3.05) is 33.4 Å². The number of sulfonamides is 1. The highest BCUT2D eigenvalue weighted by molar-refractivity contribution is 8.26. The number of methoxy groups -OCH3 is 1. The first-order chi connectivity index (χ1) is 18.8. The Morgan fingerprint density at radius 2 is 1.87 bits per heavy atom. The molecule has 2 fully saturated rings. The summed E-state index contributed by atoms with van der Waals surface area (Å²) in [5.74, 6) is 0.339. The molecular weight excluding hydrogens is 553 g/mol. The molecule has 8 nitrogen and oxygen atoms in total. The summed E-state index contributed by atoms with van der Waals surface area (Å²) in [5, 5.41) is 4.83. The van der Waals surface area contributed by atoms with Crippen LogP contribution in [0.4, 0.5) is 0 Å². The number of hydrogen-bond acceptors (Lipinski definition) is 7. The molecule has 0 atom stereocenters. The fourth-order valence-corrected chi connectivity index (χ4v) is 7.44. The molecule has 3 aromatic rings. The molecule has 0 spiro atoms. The number of benzene rings is 2. The topological polar surface area (TPSA) is 84.7 Å². The molecule has 0 saturated carbocycles. The van der Waals surface area contributed by atoms with Gasteiger partial charge < -0.3 is 4.74 Å². The van der Waals surface area contributed by atoms with Crippen LogP contribution in [0.2, 0.25) is 0 Å². The monoisotopic (exact) mass is 582 g/mol. The highest BCUT2D eigenvalue weighted by Crippen LogP contribution is 2.35. The fourth-order valence-electron chi connectivity index (χ4n) is 4.63. The number of aromatic nitrogens is 2. The van der Waals surface area contributed by atoms with Crippen LogP contribution in [0.15, 0.2) is 70.6 Å². The van der Waals surface area contributed by atoms with Crippen LogP contribution in [0.25, 0.3) is 23.0 Å². The van der Waals surface area contributed by atoms with Crippen LogP contribution in [0, 0.1) is 5.92 Å². The number of thioether (sulfide) groups is 1. The summed E-state index contributed by atoms with van der Waals surface area (Å²) in [6, 6.07) is 16.5. The van der Waals surface area contributed by atoms with Gasteiger partial charge in [-0.3, -0.25) is 9.69 Å². The fraction of sp³-hybridized carbons (Fsp3) is 0.321. The first kappa shape index (κ1) is 27.7. The smallest absolute Gasteiger partial charge is 0.266 e. The number of rotatable bonds is 8. The van der Waals surface area contributed by atoms with E-state index >= 15 is 0 Å². The van der Waals surface area contributed by atoms with Crippen molar-refractivity contribution in [1.29, 1.82) is 0 Å². The van der Waals surface area contributed by atoms with Crippen LogP contribution in [-0.2, 0) is 19.6 Å². The zero-order chi connectivity index (χ0) is 27.6. The van der Waals surface area contributed by atoms with Crippen molar-refractivity contribution in [2.24, 2.45) is 5.92 Å². The van der Waals surface area contributed by atoms with Crippen LogP contribution >= 0.6 is 24.0 Å². The predicted octanol–water partition coefficient (Wildman–Crippen LogP) is 4.81. The quantitative estimate of drug-likeness (QED) is 0.279. The van der Waals surface area contributed by atoms with E-state index in [0.29, 0.717) is 58.2 Å². The van der Waals surface area contributed by atoms with E-state index in [1.165, 1.54) is 16.7 Å². The molecule has 0 aliphatic carbocycles. The number of carbonyl (C=O) groups excluding carboxylic acids is 1. The van der Waals surface area contributed by atoms with Gasteiger partial charge in [0, 0.05) is 37.5 Å². The Balaban J connectivity index is 1.55. The summed E-state index contributed by atoms with van der Waals surface area (Å²) in [4.78, 5) is 15.4. The van der Waals surface area contributed by atoms with Crippen LogP contribution in [-0.4, -0.2) is 71.0 Å². The van der Waals surface area contributed by atoms with Gasteiger partial charge in [-0.25, -0.2) is 13.1 Å². The van der Waals surface area contributed by atoms with E-state index in [1.807, 2.05) is 42.6 Å². The van der Waals surface area contributed by atoms with Crippen molar-refractivity contribution in [1.82, 2.24) is 19.0 Å². The number of amides is 1. The normalized spacial score (nSPS) is 18.4. The average Bonchev–Trinajstić information content (AvgIpc) is 3.48. The van der Waals surface area contributed by atoms with Crippen LogP contribution in [0.1, 0.15) is 25.3 Å². The van der Waals surface area contributed by atoms with Gasteiger partial charge in [0.05, 0.1) is 28.6 Å². The number of piperidine rings is 1. The third-order valence-corrected chi connectivity index (χ3v) is 10.2. The molecule has 0 N–H and O–H groups in total. The molecule has 2 aliphatic rings. The van der Waals surface area contributed by atoms with Crippen molar-refractivity contribution in [3.05, 3.63) is 71.3 Å². The molecular formula is C28H30N4O4S3. The highest BCUT2D eigenvalue weighted by Gasteiger charge is 2.32. The van der Waals surface area contributed by atoms with Gasteiger partial charge in [-0.1, -0.05) is 61.2 Å². The Labute approximate surface area is 238 Å². The molecule has 1 aromatic heterocycles. The lowest BCUT2D eigenvalue weighted by Gasteiger charge is -2.29. The van der Waals surface area contributed by atoms with Gasteiger partial charge in [-0.05, 0) is 49.1 Å². The second-order valence-corrected chi connectivity index (χ2v) is 13.3. The minimum Gasteiger partial charge on any atom is -0.383 e. The lowest BCUT2D eigenvalue weighted by molar-refractivity contribution is -0.122. The molecule has 1 amide bonds. The van der Waals surface area contributed by atoms with Gasteiger partial charge in [0.25, 0.3) is 5.91 Å². The van der Waals surface area contributed by atoms with Crippen molar-refractivity contribution in [2.45, 2.75) is 24.7 Å². The lowest BCUT2D eigenvalue weighted by atomic mass is 10.0. The second-order valence-electron chi connectivity index (χ2n) is 9.65. The number of carbonyl (C=O) groups is 1. The number of ether oxygens (including phenoxy) is 1. The summed E-state index contributed by atoms with van der Waals surface area (Å²) < 4.78 is 35.9. The van der Waals surface area contributed by atoms with Crippen LogP contribution in [0.5, 0.6) is 0 Å². The second kappa shape index (κ2) is 11.7. The summed E-state index contributed by atoms with van der Waals surface area (Å²) in [7, 11) is -2.06. The lowest BCUT2D eigenvalue weighted by Crippen LogP contribution is -2.37. The first-order valence-corrected chi connectivity index (χ1v) is 15.4. The Hall–Kier alpha value is -2.83. The maximum atomic E-state index is 13.5. The number of hydrogen-bond donors (Lipinski definition) is 0. The SMILES string of the molecule is COCCN1C(=O)C(=Cc2cn(-c3ccccc3)nc2-c2cccc(S(=O)(=O)N3CCC(C)CC3)c2)SC1=S. The van der Waals surface area contributed by atoms with Gasteiger partial charge in [-0.15, -0.1) is 0 Å². The van der Waals surface area contributed by atoms with Gasteiger partial charge in [-0.2, -0.15) is 9.40 Å². The third kappa shape index (κ3) is 5.87. The summed E-state index contributed by atoms with van der Waals surface area (Å²) in [5.41, 5.74) is 2.76. The summed E-state index contributed by atoms with van der Waals surface area (Å²) in [6.45, 7) is 3.96. The summed E-state index contributed by atoms with van der Waals surface area (Å²) in [6.07, 6.45) is 5.33. The Kier molecular flexibility index (Phi) is 8.34. The molecule has 11 heteroatoms. The molecule has 5 rings (SSSR count). The molecule has 2 saturated heterocycles. The van der Waals surface area contributed by atoms with E-state index < -0.39 is 10.0 Å². The predicted molar refractivity (Wildman–Crippen MR) is 158 cm³/mol. The van der Waals surface area contributed by atoms with Crippen molar-refractivity contribution in [3.8, 4) is 16.9 Å². The van der Waals surface area contributed by atoms with E-state index in [1.54, 1.807) is 40.4 Å².